The van der Waals surface area contributed by atoms with Gasteiger partial charge in [-0.05, 0) is 37.1 Å². The lowest BCUT2D eigenvalue weighted by atomic mass is 9.94. The van der Waals surface area contributed by atoms with Gasteiger partial charge in [-0.1, -0.05) is 24.6 Å². The van der Waals surface area contributed by atoms with Crippen LogP contribution in [0.4, 0.5) is 0 Å². The second kappa shape index (κ2) is 7.70. The highest BCUT2D eigenvalue weighted by Crippen LogP contribution is 2.27. The van der Waals surface area contributed by atoms with Crippen molar-refractivity contribution in [2.24, 2.45) is 0 Å². The van der Waals surface area contributed by atoms with Crippen LogP contribution < -0.4 is 5.32 Å². The van der Waals surface area contributed by atoms with Crippen molar-refractivity contribution in [3.05, 3.63) is 35.4 Å². The van der Waals surface area contributed by atoms with Gasteiger partial charge >= 0.3 is 0 Å². The first-order valence-electron chi connectivity index (χ1n) is 7.15. The summed E-state index contributed by atoms with van der Waals surface area (Å²) < 4.78 is 5.16. The first-order chi connectivity index (χ1) is 9.74. The lowest BCUT2D eigenvalue weighted by Gasteiger charge is -2.28. The monoisotopic (exact) mass is 293 g/mol. The summed E-state index contributed by atoms with van der Waals surface area (Å²) in [7, 11) is 1.65. The molecule has 1 amide bonds. The number of hydrogen-bond acceptors (Lipinski definition) is 3. The predicted octanol–water partition coefficient (Wildman–Crippen LogP) is 3.24. The predicted molar refractivity (Wildman–Crippen MR) is 84.2 cm³/mol. The summed E-state index contributed by atoms with van der Waals surface area (Å²) in [6, 6.07) is 7.97. The maximum atomic E-state index is 12.4. The molecule has 1 saturated carbocycles. The largest absolute Gasteiger partial charge is 0.380 e. The van der Waals surface area contributed by atoms with E-state index in [4.69, 9.17) is 4.74 Å². The highest BCUT2D eigenvalue weighted by Gasteiger charge is 2.23. The normalized spacial score (nSPS) is 22.5. The zero-order chi connectivity index (χ0) is 14.4. The molecule has 1 N–H and O–H groups in total. The number of carbonyl (C=O) groups is 1. The molecule has 0 heterocycles. The van der Waals surface area contributed by atoms with Crippen molar-refractivity contribution >= 4 is 17.7 Å². The summed E-state index contributed by atoms with van der Waals surface area (Å²) in [5, 5.41) is 3.87. The maximum Gasteiger partial charge on any atom is 0.251 e. The first-order valence-corrected chi connectivity index (χ1v) is 8.44. The van der Waals surface area contributed by atoms with Gasteiger partial charge in [-0.15, -0.1) is 0 Å². The van der Waals surface area contributed by atoms with Gasteiger partial charge in [0.1, 0.15) is 0 Å². The van der Waals surface area contributed by atoms with Crippen molar-refractivity contribution in [1.82, 2.24) is 5.32 Å². The van der Waals surface area contributed by atoms with Crippen LogP contribution in [0.3, 0.4) is 0 Å². The molecule has 0 spiro atoms. The minimum Gasteiger partial charge on any atom is -0.380 e. The molecule has 0 aromatic heterocycles. The zero-order valence-corrected chi connectivity index (χ0v) is 13.0. The Hall–Kier alpha value is -1.00. The lowest BCUT2D eigenvalue weighted by molar-refractivity contribution is 0.0923. The summed E-state index contributed by atoms with van der Waals surface area (Å²) in [6.07, 6.45) is 6.81. The molecule has 1 aliphatic carbocycles. The Morgan fingerprint density at radius 2 is 2.20 bits per heavy atom. The molecule has 20 heavy (non-hydrogen) atoms. The average molecular weight is 293 g/mol. The summed E-state index contributed by atoms with van der Waals surface area (Å²) >= 11 is 1.91. The number of benzene rings is 1. The fourth-order valence-electron chi connectivity index (χ4n) is 2.78. The fourth-order valence-corrected chi connectivity index (χ4v) is 3.60. The van der Waals surface area contributed by atoms with Gasteiger partial charge in [0.25, 0.3) is 5.91 Å². The third kappa shape index (κ3) is 4.00. The number of nitrogens with one attached hydrogen (secondary N) is 1. The van der Waals surface area contributed by atoms with Gasteiger partial charge in [-0.3, -0.25) is 4.79 Å². The Kier molecular flexibility index (Phi) is 5.92. The molecular weight excluding hydrogens is 270 g/mol. The number of carbonyl (C=O) groups excluding carboxylic acids is 1. The van der Waals surface area contributed by atoms with Crippen molar-refractivity contribution in [3.8, 4) is 0 Å². The summed E-state index contributed by atoms with van der Waals surface area (Å²) in [5.74, 6) is 0.0319. The third-order valence-electron chi connectivity index (χ3n) is 3.86. The van der Waals surface area contributed by atoms with E-state index in [0.29, 0.717) is 17.9 Å². The van der Waals surface area contributed by atoms with Gasteiger partial charge in [0.2, 0.25) is 0 Å². The van der Waals surface area contributed by atoms with E-state index < -0.39 is 0 Å². The van der Waals surface area contributed by atoms with Crippen LogP contribution >= 0.6 is 11.8 Å². The lowest BCUT2D eigenvalue weighted by Crippen LogP contribution is -2.39. The zero-order valence-electron chi connectivity index (χ0n) is 12.2. The SMILES string of the molecule is COCc1ccccc1C(=O)N[C@H]1CCC[C@H](SC)C1. The van der Waals surface area contributed by atoms with E-state index in [9.17, 15) is 4.79 Å². The quantitative estimate of drug-likeness (QED) is 0.905. The minimum absolute atomic E-state index is 0.0319. The summed E-state index contributed by atoms with van der Waals surface area (Å²) in [4.78, 5) is 12.4. The molecule has 1 aliphatic rings. The Morgan fingerprint density at radius 3 is 2.95 bits per heavy atom. The van der Waals surface area contributed by atoms with E-state index in [1.165, 1.54) is 12.8 Å². The van der Waals surface area contributed by atoms with Crippen LogP contribution in [0.2, 0.25) is 0 Å². The first kappa shape index (κ1) is 15.4. The second-order valence-electron chi connectivity index (χ2n) is 5.28. The second-order valence-corrected chi connectivity index (χ2v) is 6.42. The highest BCUT2D eigenvalue weighted by molar-refractivity contribution is 7.99. The van der Waals surface area contributed by atoms with Gasteiger partial charge in [-0.2, -0.15) is 11.8 Å². The topological polar surface area (TPSA) is 38.3 Å². The molecule has 3 nitrogen and oxygen atoms in total. The van der Waals surface area contributed by atoms with Crippen molar-refractivity contribution in [1.29, 1.82) is 0 Å². The standard InChI is InChI=1S/C16H23NO2S/c1-19-11-12-6-3-4-9-15(12)16(18)17-13-7-5-8-14(10-13)20-2/h3-4,6,9,13-14H,5,7-8,10-11H2,1-2H3,(H,17,18)/t13-,14-/m0/s1. The molecule has 0 saturated heterocycles. The molecule has 1 aromatic carbocycles. The molecule has 2 rings (SSSR count). The molecule has 1 fully saturated rings. The van der Waals surface area contributed by atoms with Crippen LogP contribution in [0.15, 0.2) is 24.3 Å². The van der Waals surface area contributed by atoms with Gasteiger partial charge in [0, 0.05) is 24.0 Å². The number of thioether (sulfide) groups is 1. The van der Waals surface area contributed by atoms with Crippen molar-refractivity contribution in [2.75, 3.05) is 13.4 Å². The highest BCUT2D eigenvalue weighted by atomic mass is 32.2. The minimum atomic E-state index is 0.0319. The van der Waals surface area contributed by atoms with Gasteiger partial charge in [0.15, 0.2) is 0 Å². The molecule has 1 aromatic rings. The summed E-state index contributed by atoms with van der Waals surface area (Å²) in [5.41, 5.74) is 1.69. The van der Waals surface area contributed by atoms with Crippen LogP contribution in [-0.4, -0.2) is 30.6 Å². The molecule has 0 bridgehead atoms. The van der Waals surface area contributed by atoms with E-state index >= 15 is 0 Å². The van der Waals surface area contributed by atoms with Gasteiger partial charge in [-0.25, -0.2) is 0 Å². The smallest absolute Gasteiger partial charge is 0.251 e. The molecule has 110 valence electrons. The van der Waals surface area contributed by atoms with Gasteiger partial charge in [0.05, 0.1) is 6.61 Å². The van der Waals surface area contributed by atoms with Crippen LogP contribution in [0, 0.1) is 0 Å². The van der Waals surface area contributed by atoms with Crippen molar-refractivity contribution in [3.63, 3.8) is 0 Å². The van der Waals surface area contributed by atoms with Gasteiger partial charge < -0.3 is 10.1 Å². The van der Waals surface area contributed by atoms with Crippen LogP contribution in [0.25, 0.3) is 0 Å². The van der Waals surface area contributed by atoms with Crippen molar-refractivity contribution in [2.45, 2.75) is 43.6 Å². The Balaban J connectivity index is 2.01. The molecule has 0 radical (unpaired) electrons. The van der Waals surface area contributed by atoms with Crippen LogP contribution in [0.1, 0.15) is 41.6 Å². The molecule has 0 unspecified atom stereocenters. The summed E-state index contributed by atoms with van der Waals surface area (Å²) in [6.45, 7) is 0.474. The third-order valence-corrected chi connectivity index (χ3v) is 4.95. The molecule has 2 atom stereocenters. The fraction of sp³-hybridized carbons (Fsp3) is 0.562. The molecule has 4 heteroatoms. The molecular formula is C16H23NO2S. The van der Waals surface area contributed by atoms with Crippen molar-refractivity contribution < 1.29 is 9.53 Å². The van der Waals surface area contributed by atoms with Crippen LogP contribution in [0.5, 0.6) is 0 Å². The van der Waals surface area contributed by atoms with E-state index in [1.807, 2.05) is 36.0 Å². The molecule has 0 aliphatic heterocycles. The van der Waals surface area contributed by atoms with Crippen LogP contribution in [-0.2, 0) is 11.3 Å². The van der Waals surface area contributed by atoms with E-state index in [-0.39, 0.29) is 5.91 Å². The Morgan fingerprint density at radius 1 is 1.40 bits per heavy atom. The number of amides is 1. The Labute approximate surface area is 125 Å². The number of ether oxygens (including phenoxy) is 1. The maximum absolute atomic E-state index is 12.4. The van der Waals surface area contributed by atoms with E-state index in [0.717, 1.165) is 24.0 Å². The number of rotatable bonds is 5. The Bertz CT molecular complexity index is 450. The van der Waals surface area contributed by atoms with E-state index in [1.54, 1.807) is 7.11 Å². The van der Waals surface area contributed by atoms with E-state index in [2.05, 4.69) is 11.6 Å². The average Bonchev–Trinajstić information content (AvgIpc) is 2.48. The number of hydrogen-bond donors (Lipinski definition) is 1. The number of methoxy groups -OCH3 is 1.